The molecule has 0 heterocycles. The van der Waals surface area contributed by atoms with Gasteiger partial charge in [-0.2, -0.15) is 0 Å². The third-order valence-electron chi connectivity index (χ3n) is 3.48. The summed E-state index contributed by atoms with van der Waals surface area (Å²) < 4.78 is 18.5. The van der Waals surface area contributed by atoms with E-state index in [9.17, 15) is 4.39 Å². The zero-order valence-electron chi connectivity index (χ0n) is 12.1. The first kappa shape index (κ1) is 14.5. The molecule has 0 spiro atoms. The summed E-state index contributed by atoms with van der Waals surface area (Å²) >= 11 is 0. The number of benzene rings is 2. The highest BCUT2D eigenvalue weighted by Crippen LogP contribution is 2.20. The van der Waals surface area contributed by atoms with Crippen LogP contribution in [-0.4, -0.2) is 7.11 Å². The van der Waals surface area contributed by atoms with Crippen LogP contribution in [-0.2, 0) is 6.54 Å². The summed E-state index contributed by atoms with van der Waals surface area (Å²) in [5.41, 5.74) is 3.43. The van der Waals surface area contributed by atoms with Crippen LogP contribution in [0, 0.1) is 12.7 Å². The fraction of sp³-hybridized carbons (Fsp3) is 0.294. The molecule has 2 aromatic carbocycles. The molecule has 0 aliphatic rings. The fourth-order valence-corrected chi connectivity index (χ4v) is 2.27. The predicted octanol–water partition coefficient (Wildman–Crippen LogP) is 3.99. The number of aryl methyl sites for hydroxylation is 1. The van der Waals surface area contributed by atoms with Gasteiger partial charge in [0.25, 0.3) is 0 Å². The van der Waals surface area contributed by atoms with Gasteiger partial charge in [-0.25, -0.2) is 4.39 Å². The second-order valence-corrected chi connectivity index (χ2v) is 4.93. The lowest BCUT2D eigenvalue weighted by Gasteiger charge is -2.16. The molecule has 106 valence electrons. The topological polar surface area (TPSA) is 21.3 Å². The van der Waals surface area contributed by atoms with Gasteiger partial charge in [0.15, 0.2) is 11.6 Å². The number of rotatable bonds is 5. The summed E-state index contributed by atoms with van der Waals surface area (Å²) in [6.45, 7) is 4.83. The average Bonchev–Trinajstić information content (AvgIpc) is 2.45. The van der Waals surface area contributed by atoms with Crippen molar-refractivity contribution in [3.8, 4) is 5.75 Å². The second kappa shape index (κ2) is 6.53. The fourth-order valence-electron chi connectivity index (χ4n) is 2.27. The molecule has 0 fully saturated rings. The van der Waals surface area contributed by atoms with Crippen molar-refractivity contribution in [3.05, 3.63) is 65.0 Å². The first-order chi connectivity index (χ1) is 9.61. The van der Waals surface area contributed by atoms with Gasteiger partial charge in [0.2, 0.25) is 0 Å². The van der Waals surface area contributed by atoms with Crippen molar-refractivity contribution in [2.75, 3.05) is 7.11 Å². The van der Waals surface area contributed by atoms with Crippen LogP contribution in [0.2, 0.25) is 0 Å². The molecule has 2 aromatic rings. The highest BCUT2D eigenvalue weighted by atomic mass is 19.1. The van der Waals surface area contributed by atoms with E-state index >= 15 is 0 Å². The number of nitrogens with one attached hydrogen (secondary N) is 1. The summed E-state index contributed by atoms with van der Waals surface area (Å²) in [6, 6.07) is 13.5. The molecule has 0 saturated heterocycles. The van der Waals surface area contributed by atoms with E-state index in [2.05, 4.69) is 31.3 Å². The molecule has 0 saturated carbocycles. The van der Waals surface area contributed by atoms with Gasteiger partial charge in [0.1, 0.15) is 0 Å². The summed E-state index contributed by atoms with van der Waals surface area (Å²) in [5.74, 6) is -0.0453. The SMILES string of the molecule is COc1ccc(CNC(C)c2ccccc2C)cc1F. The Morgan fingerprint density at radius 2 is 1.95 bits per heavy atom. The number of hydrogen-bond donors (Lipinski definition) is 1. The largest absolute Gasteiger partial charge is 0.494 e. The van der Waals surface area contributed by atoms with Crippen LogP contribution in [0.1, 0.15) is 29.7 Å². The van der Waals surface area contributed by atoms with E-state index in [1.807, 2.05) is 18.2 Å². The highest BCUT2D eigenvalue weighted by molar-refractivity contribution is 5.30. The van der Waals surface area contributed by atoms with Crippen LogP contribution in [0.25, 0.3) is 0 Å². The molecule has 0 bridgehead atoms. The summed E-state index contributed by atoms with van der Waals surface area (Å²) in [7, 11) is 1.47. The van der Waals surface area contributed by atoms with Crippen LogP contribution in [0.5, 0.6) is 5.75 Å². The quantitative estimate of drug-likeness (QED) is 0.889. The maximum Gasteiger partial charge on any atom is 0.165 e. The normalized spacial score (nSPS) is 12.2. The van der Waals surface area contributed by atoms with Crippen molar-refractivity contribution in [3.63, 3.8) is 0 Å². The highest BCUT2D eigenvalue weighted by Gasteiger charge is 2.08. The van der Waals surface area contributed by atoms with Gasteiger partial charge in [0.05, 0.1) is 7.11 Å². The lowest BCUT2D eigenvalue weighted by atomic mass is 10.0. The maximum absolute atomic E-state index is 13.6. The van der Waals surface area contributed by atoms with E-state index < -0.39 is 0 Å². The van der Waals surface area contributed by atoms with Crippen LogP contribution in [0.15, 0.2) is 42.5 Å². The maximum atomic E-state index is 13.6. The third-order valence-corrected chi connectivity index (χ3v) is 3.48. The first-order valence-corrected chi connectivity index (χ1v) is 6.73. The van der Waals surface area contributed by atoms with E-state index in [4.69, 9.17) is 4.74 Å². The van der Waals surface area contributed by atoms with Crippen molar-refractivity contribution in [1.82, 2.24) is 5.32 Å². The van der Waals surface area contributed by atoms with Crippen LogP contribution in [0.3, 0.4) is 0 Å². The van der Waals surface area contributed by atoms with Gasteiger partial charge < -0.3 is 10.1 Å². The zero-order chi connectivity index (χ0) is 14.5. The molecular formula is C17H20FNO. The Bertz CT molecular complexity index is 583. The van der Waals surface area contributed by atoms with E-state index in [0.717, 1.165) is 5.56 Å². The molecule has 2 nitrogen and oxygen atoms in total. The molecule has 1 N–H and O–H groups in total. The molecule has 0 radical (unpaired) electrons. The number of methoxy groups -OCH3 is 1. The molecule has 20 heavy (non-hydrogen) atoms. The Morgan fingerprint density at radius 1 is 1.20 bits per heavy atom. The van der Waals surface area contributed by atoms with Crippen molar-refractivity contribution >= 4 is 0 Å². The standard InChI is InChI=1S/C17H20FNO/c1-12-6-4-5-7-15(12)13(2)19-11-14-8-9-17(20-3)16(18)10-14/h4-10,13,19H,11H2,1-3H3. The predicted molar refractivity (Wildman–Crippen MR) is 79.4 cm³/mol. The summed E-state index contributed by atoms with van der Waals surface area (Å²) in [6.07, 6.45) is 0. The Kier molecular flexibility index (Phi) is 4.74. The summed E-state index contributed by atoms with van der Waals surface area (Å²) in [5, 5.41) is 3.41. The lowest BCUT2D eigenvalue weighted by molar-refractivity contribution is 0.386. The molecule has 0 amide bonds. The van der Waals surface area contributed by atoms with E-state index in [0.29, 0.717) is 6.54 Å². The Hall–Kier alpha value is -1.87. The van der Waals surface area contributed by atoms with Gasteiger partial charge in [-0.05, 0) is 42.7 Å². The smallest absolute Gasteiger partial charge is 0.165 e. The van der Waals surface area contributed by atoms with E-state index in [1.54, 1.807) is 6.07 Å². The van der Waals surface area contributed by atoms with Gasteiger partial charge >= 0.3 is 0 Å². The van der Waals surface area contributed by atoms with Crippen molar-refractivity contribution in [2.45, 2.75) is 26.4 Å². The second-order valence-electron chi connectivity index (χ2n) is 4.93. The molecule has 1 atom stereocenters. The molecule has 2 rings (SSSR count). The minimum Gasteiger partial charge on any atom is -0.494 e. The Balaban J connectivity index is 2.02. The van der Waals surface area contributed by atoms with Crippen molar-refractivity contribution < 1.29 is 9.13 Å². The average molecular weight is 273 g/mol. The van der Waals surface area contributed by atoms with E-state index in [1.165, 1.54) is 24.3 Å². The third kappa shape index (κ3) is 3.36. The number of hydrogen-bond acceptors (Lipinski definition) is 2. The van der Waals surface area contributed by atoms with E-state index in [-0.39, 0.29) is 17.6 Å². The Morgan fingerprint density at radius 3 is 2.60 bits per heavy atom. The minimum absolute atomic E-state index is 0.223. The van der Waals surface area contributed by atoms with Gasteiger partial charge in [0, 0.05) is 12.6 Å². The van der Waals surface area contributed by atoms with Crippen molar-refractivity contribution in [1.29, 1.82) is 0 Å². The van der Waals surface area contributed by atoms with Crippen LogP contribution >= 0.6 is 0 Å². The van der Waals surface area contributed by atoms with Crippen molar-refractivity contribution in [2.24, 2.45) is 0 Å². The first-order valence-electron chi connectivity index (χ1n) is 6.73. The zero-order valence-corrected chi connectivity index (χ0v) is 12.1. The Labute approximate surface area is 119 Å². The molecule has 3 heteroatoms. The molecule has 0 aliphatic carbocycles. The van der Waals surface area contributed by atoms with Gasteiger partial charge in [-0.1, -0.05) is 30.3 Å². The molecular weight excluding hydrogens is 253 g/mol. The minimum atomic E-state index is -0.324. The van der Waals surface area contributed by atoms with Crippen LogP contribution in [0.4, 0.5) is 4.39 Å². The molecule has 0 aromatic heterocycles. The van der Waals surface area contributed by atoms with Gasteiger partial charge in [-0.3, -0.25) is 0 Å². The number of halogens is 1. The van der Waals surface area contributed by atoms with Gasteiger partial charge in [-0.15, -0.1) is 0 Å². The summed E-state index contributed by atoms with van der Waals surface area (Å²) in [4.78, 5) is 0. The lowest BCUT2D eigenvalue weighted by Crippen LogP contribution is -2.19. The van der Waals surface area contributed by atoms with Crippen LogP contribution < -0.4 is 10.1 Å². The number of ether oxygens (including phenoxy) is 1. The molecule has 1 unspecified atom stereocenters. The monoisotopic (exact) mass is 273 g/mol. The molecule has 0 aliphatic heterocycles.